The fourth-order valence-corrected chi connectivity index (χ4v) is 5.08. The quantitative estimate of drug-likeness (QED) is 0.335. The van der Waals surface area contributed by atoms with E-state index in [4.69, 9.17) is 18.9 Å². The summed E-state index contributed by atoms with van der Waals surface area (Å²) in [4.78, 5) is 3.69. The molecule has 1 aliphatic rings. The van der Waals surface area contributed by atoms with Crippen molar-refractivity contribution < 1.29 is 18.9 Å². The van der Waals surface area contributed by atoms with Gasteiger partial charge < -0.3 is 23.9 Å². The maximum atomic E-state index is 5.87. The van der Waals surface area contributed by atoms with E-state index in [2.05, 4.69) is 70.3 Å². The van der Waals surface area contributed by atoms with E-state index in [0.29, 0.717) is 30.5 Å². The number of aromatic nitrogens is 1. The van der Waals surface area contributed by atoms with Crippen molar-refractivity contribution in [2.45, 2.75) is 12.3 Å². The number of rotatable bonds is 6. The number of fused-ring (bicyclic) bond motifs is 1. The number of methoxy groups -OCH3 is 3. The lowest BCUT2D eigenvalue weighted by Crippen LogP contribution is -2.48. The van der Waals surface area contributed by atoms with Gasteiger partial charge in [0.25, 0.3) is 0 Å². The molecule has 6 heteroatoms. The number of benzene rings is 3. The molecule has 3 aromatic carbocycles. The average Bonchev–Trinajstić information content (AvgIpc) is 3.16. The van der Waals surface area contributed by atoms with Crippen molar-refractivity contribution in [1.29, 1.82) is 0 Å². The van der Waals surface area contributed by atoms with Crippen LogP contribution >= 0.6 is 15.9 Å². The first-order valence-electron chi connectivity index (χ1n) is 10.8. The van der Waals surface area contributed by atoms with Crippen molar-refractivity contribution in [2.75, 3.05) is 34.5 Å². The molecule has 33 heavy (non-hydrogen) atoms. The number of H-pyrrole nitrogens is 1. The molecule has 1 fully saturated rings. The van der Waals surface area contributed by atoms with Gasteiger partial charge in [0.05, 0.1) is 45.7 Å². The first kappa shape index (κ1) is 21.9. The molecule has 0 radical (unpaired) electrons. The topological polar surface area (TPSA) is 52.7 Å². The van der Waals surface area contributed by atoms with Crippen LogP contribution in [0, 0.1) is 6.92 Å². The van der Waals surface area contributed by atoms with Crippen LogP contribution < -0.4 is 14.2 Å². The fraction of sp³-hybridized carbons (Fsp3) is 0.259. The van der Waals surface area contributed by atoms with E-state index in [-0.39, 0.29) is 5.41 Å². The zero-order chi connectivity index (χ0) is 23.2. The van der Waals surface area contributed by atoms with Gasteiger partial charge in [-0.3, -0.25) is 0 Å². The highest BCUT2D eigenvalue weighted by atomic mass is 79.9. The number of hydrogen-bond donors (Lipinski definition) is 1. The molecule has 170 valence electrons. The maximum absolute atomic E-state index is 5.87. The molecule has 0 unspecified atom stereocenters. The summed E-state index contributed by atoms with van der Waals surface area (Å²) >= 11 is 3.62. The van der Waals surface area contributed by atoms with E-state index in [9.17, 15) is 0 Å². The molecule has 0 atom stereocenters. The van der Waals surface area contributed by atoms with Gasteiger partial charge in [0.15, 0.2) is 11.5 Å². The second-order valence-electron chi connectivity index (χ2n) is 8.42. The van der Waals surface area contributed by atoms with Crippen LogP contribution in [0.3, 0.4) is 0 Å². The van der Waals surface area contributed by atoms with Gasteiger partial charge >= 0.3 is 0 Å². The lowest BCUT2D eigenvalue weighted by molar-refractivity contribution is -0.0371. The fourth-order valence-electron chi connectivity index (χ4n) is 4.72. The third-order valence-corrected chi connectivity index (χ3v) is 6.99. The Morgan fingerprint density at radius 1 is 0.879 bits per heavy atom. The smallest absolute Gasteiger partial charge is 0.203 e. The molecule has 0 bridgehead atoms. The van der Waals surface area contributed by atoms with Crippen LogP contribution in [-0.2, 0) is 10.2 Å². The molecule has 5 nitrogen and oxygen atoms in total. The molecule has 0 saturated carbocycles. The van der Waals surface area contributed by atoms with Crippen LogP contribution in [0.2, 0.25) is 0 Å². The molecule has 4 aromatic rings. The first-order chi connectivity index (χ1) is 16.0. The summed E-state index contributed by atoms with van der Waals surface area (Å²) in [7, 11) is 4.91. The van der Waals surface area contributed by atoms with Gasteiger partial charge in [0, 0.05) is 20.9 Å². The molecule has 1 aliphatic heterocycles. The van der Waals surface area contributed by atoms with Crippen LogP contribution in [0.4, 0.5) is 0 Å². The Hall–Kier alpha value is -2.96. The summed E-state index contributed by atoms with van der Waals surface area (Å²) in [5.74, 6) is 1.86. The summed E-state index contributed by atoms with van der Waals surface area (Å²) in [6.45, 7) is 3.23. The highest BCUT2D eigenvalue weighted by Gasteiger charge is 2.46. The molecular formula is C27H26BrNO4. The van der Waals surface area contributed by atoms with Gasteiger partial charge in [-0.15, -0.1) is 0 Å². The van der Waals surface area contributed by atoms with Crippen LogP contribution in [0.1, 0.15) is 16.7 Å². The summed E-state index contributed by atoms with van der Waals surface area (Å²) in [6.07, 6.45) is 0. The maximum Gasteiger partial charge on any atom is 0.203 e. The molecule has 0 aliphatic carbocycles. The Bertz CT molecular complexity index is 1300. The number of hydrogen-bond acceptors (Lipinski definition) is 4. The standard InChI is InChI=1S/C27H26BrNO4/c1-16-5-7-17(8-6-16)25-24(20-10-9-19(28)13-21(20)29-25)27(14-33-15-27)18-11-22(30-2)26(32-4)23(12-18)31-3/h5-13,29H,14-15H2,1-4H3. The third-order valence-electron chi connectivity index (χ3n) is 6.49. The van der Waals surface area contributed by atoms with Gasteiger partial charge in [-0.2, -0.15) is 0 Å². The van der Waals surface area contributed by atoms with Crippen molar-refractivity contribution in [2.24, 2.45) is 0 Å². The highest BCUT2D eigenvalue weighted by Crippen LogP contribution is 2.50. The number of ether oxygens (including phenoxy) is 4. The second-order valence-corrected chi connectivity index (χ2v) is 9.34. The molecular weight excluding hydrogens is 482 g/mol. The minimum absolute atomic E-state index is 0.362. The Balaban J connectivity index is 1.80. The zero-order valence-corrected chi connectivity index (χ0v) is 20.7. The van der Waals surface area contributed by atoms with Gasteiger partial charge in [0.1, 0.15) is 0 Å². The molecule has 1 saturated heterocycles. The van der Waals surface area contributed by atoms with Crippen LogP contribution in [-0.4, -0.2) is 39.5 Å². The van der Waals surface area contributed by atoms with Crippen molar-refractivity contribution >= 4 is 26.8 Å². The predicted octanol–water partition coefficient (Wildman–Crippen LogP) is 6.25. The number of nitrogens with one attached hydrogen (secondary N) is 1. The minimum Gasteiger partial charge on any atom is -0.493 e. The van der Waals surface area contributed by atoms with Gasteiger partial charge in [-0.1, -0.05) is 51.8 Å². The normalized spacial score (nSPS) is 14.7. The lowest BCUT2D eigenvalue weighted by Gasteiger charge is -2.43. The molecule has 1 aromatic heterocycles. The Labute approximate surface area is 201 Å². The Morgan fingerprint density at radius 2 is 1.55 bits per heavy atom. The lowest BCUT2D eigenvalue weighted by atomic mass is 9.71. The van der Waals surface area contributed by atoms with E-state index in [1.54, 1.807) is 21.3 Å². The van der Waals surface area contributed by atoms with E-state index in [1.807, 2.05) is 12.1 Å². The number of aryl methyl sites for hydroxylation is 1. The van der Waals surface area contributed by atoms with E-state index >= 15 is 0 Å². The first-order valence-corrected chi connectivity index (χ1v) is 11.6. The third kappa shape index (κ3) is 3.49. The molecule has 0 spiro atoms. The number of aromatic amines is 1. The van der Waals surface area contributed by atoms with Gasteiger partial charge in [-0.25, -0.2) is 0 Å². The number of halogens is 1. The Kier molecular flexibility index (Phi) is 5.59. The van der Waals surface area contributed by atoms with E-state index in [1.165, 1.54) is 16.5 Å². The highest BCUT2D eigenvalue weighted by molar-refractivity contribution is 9.10. The van der Waals surface area contributed by atoms with Crippen LogP contribution in [0.25, 0.3) is 22.2 Å². The summed E-state index contributed by atoms with van der Waals surface area (Å²) in [5.41, 5.74) is 6.47. The van der Waals surface area contributed by atoms with Gasteiger partial charge in [0.2, 0.25) is 5.75 Å². The van der Waals surface area contributed by atoms with Crippen molar-refractivity contribution in [3.8, 4) is 28.5 Å². The molecule has 1 N–H and O–H groups in total. The van der Waals surface area contributed by atoms with Crippen LogP contribution in [0.5, 0.6) is 17.2 Å². The monoisotopic (exact) mass is 507 g/mol. The average molecular weight is 508 g/mol. The largest absolute Gasteiger partial charge is 0.493 e. The van der Waals surface area contributed by atoms with Crippen molar-refractivity contribution in [1.82, 2.24) is 4.98 Å². The van der Waals surface area contributed by atoms with Crippen molar-refractivity contribution in [3.63, 3.8) is 0 Å². The van der Waals surface area contributed by atoms with E-state index in [0.717, 1.165) is 26.8 Å². The minimum atomic E-state index is -0.362. The molecule has 5 rings (SSSR count). The Morgan fingerprint density at radius 3 is 2.09 bits per heavy atom. The van der Waals surface area contributed by atoms with Gasteiger partial charge in [-0.05, 0) is 42.3 Å². The molecule has 2 heterocycles. The summed E-state index contributed by atoms with van der Waals surface area (Å²) in [5, 5.41) is 1.17. The van der Waals surface area contributed by atoms with Crippen molar-refractivity contribution in [3.05, 3.63) is 75.8 Å². The predicted molar refractivity (Wildman–Crippen MR) is 134 cm³/mol. The summed E-state index contributed by atoms with van der Waals surface area (Å²) < 4.78 is 23.8. The zero-order valence-electron chi connectivity index (χ0n) is 19.1. The summed E-state index contributed by atoms with van der Waals surface area (Å²) in [6, 6.07) is 19.1. The second kappa shape index (κ2) is 8.43. The SMILES string of the molecule is COc1cc(C2(c3c(-c4ccc(C)cc4)[nH]c4cc(Br)ccc34)COC2)cc(OC)c1OC. The van der Waals surface area contributed by atoms with E-state index < -0.39 is 0 Å². The van der Waals surface area contributed by atoms with Crippen LogP contribution in [0.15, 0.2) is 59.1 Å². The molecule has 0 amide bonds.